The second-order valence-corrected chi connectivity index (χ2v) is 7.26. The van der Waals surface area contributed by atoms with Gasteiger partial charge in [-0.15, -0.1) is 5.10 Å². The molecule has 2 rings (SSSR count). The van der Waals surface area contributed by atoms with Crippen LogP contribution in [0.15, 0.2) is 9.68 Å². The monoisotopic (exact) mass is 310 g/mol. The fraction of sp³-hybridized carbons (Fsp3) is 0.769. The molecule has 1 atom stereocenters. The Morgan fingerprint density at radius 1 is 1.33 bits per heavy atom. The molecule has 0 aliphatic rings. The number of hydrogen-bond donors (Lipinski definition) is 0. The fourth-order valence-electron chi connectivity index (χ4n) is 1.75. The van der Waals surface area contributed by atoms with Crippen LogP contribution in [0.5, 0.6) is 0 Å². The van der Waals surface area contributed by atoms with Gasteiger partial charge in [-0.05, 0) is 44.5 Å². The number of thioether (sulfide) groups is 1. The van der Waals surface area contributed by atoms with Crippen molar-refractivity contribution in [1.29, 1.82) is 0 Å². The van der Waals surface area contributed by atoms with E-state index in [-0.39, 0.29) is 10.8 Å². The van der Waals surface area contributed by atoms with Crippen LogP contribution in [0.1, 0.15) is 64.4 Å². The zero-order valence-corrected chi connectivity index (χ0v) is 14.0. The number of aryl methyl sites for hydroxylation is 1. The highest BCUT2D eigenvalue weighted by molar-refractivity contribution is 7.99. The molecule has 8 heteroatoms. The summed E-state index contributed by atoms with van der Waals surface area (Å²) in [5, 5.41) is 16.7. The Morgan fingerprint density at radius 3 is 2.76 bits per heavy atom. The molecule has 2 aromatic heterocycles. The first-order valence-corrected chi connectivity index (χ1v) is 8.07. The molecule has 0 aliphatic carbocycles. The SMILES string of the molecule is CCCCc1noc(C(C)Sc2nnnn2C(C)(C)C)n1. The standard InChI is InChI=1S/C13H22N6OS/c1-6-7-8-10-14-11(20-16-10)9(2)21-12-15-17-18-19(12)13(3,4)5/h9H,6-8H2,1-5H3. The molecule has 2 aromatic rings. The Kier molecular flexibility index (Phi) is 4.97. The van der Waals surface area contributed by atoms with Gasteiger partial charge in [-0.25, -0.2) is 4.68 Å². The molecule has 7 nitrogen and oxygen atoms in total. The van der Waals surface area contributed by atoms with Crippen LogP contribution in [-0.2, 0) is 12.0 Å². The van der Waals surface area contributed by atoms with E-state index in [1.54, 1.807) is 0 Å². The van der Waals surface area contributed by atoms with Crippen LogP contribution in [0.3, 0.4) is 0 Å². The molecule has 0 aliphatic heterocycles. The summed E-state index contributed by atoms with van der Waals surface area (Å²) < 4.78 is 7.15. The lowest BCUT2D eigenvalue weighted by molar-refractivity contribution is 0.320. The minimum atomic E-state index is -0.160. The third-order valence-electron chi connectivity index (χ3n) is 2.94. The Morgan fingerprint density at radius 2 is 2.10 bits per heavy atom. The van der Waals surface area contributed by atoms with Gasteiger partial charge in [0.1, 0.15) is 0 Å². The third-order valence-corrected chi connectivity index (χ3v) is 3.96. The van der Waals surface area contributed by atoms with Gasteiger partial charge in [0.05, 0.1) is 10.8 Å². The average molecular weight is 310 g/mol. The first-order chi connectivity index (χ1) is 9.91. The summed E-state index contributed by atoms with van der Waals surface area (Å²) in [6, 6.07) is 0. The van der Waals surface area contributed by atoms with E-state index in [1.807, 2.05) is 11.6 Å². The molecule has 0 amide bonds. The number of rotatable bonds is 6. The van der Waals surface area contributed by atoms with Gasteiger partial charge in [0.2, 0.25) is 11.0 Å². The number of aromatic nitrogens is 6. The van der Waals surface area contributed by atoms with E-state index in [0.717, 1.165) is 30.2 Å². The van der Waals surface area contributed by atoms with Crippen LogP contribution >= 0.6 is 11.8 Å². The maximum atomic E-state index is 5.34. The van der Waals surface area contributed by atoms with Crippen molar-refractivity contribution in [3.63, 3.8) is 0 Å². The van der Waals surface area contributed by atoms with E-state index >= 15 is 0 Å². The predicted octanol–water partition coefficient (Wildman–Crippen LogP) is 3.01. The van der Waals surface area contributed by atoms with E-state index in [1.165, 1.54) is 11.8 Å². The summed E-state index contributed by atoms with van der Waals surface area (Å²) in [6.07, 6.45) is 3.05. The minimum Gasteiger partial charge on any atom is -0.338 e. The molecular formula is C13H22N6OS. The first-order valence-electron chi connectivity index (χ1n) is 7.19. The van der Waals surface area contributed by atoms with E-state index in [0.29, 0.717) is 5.89 Å². The largest absolute Gasteiger partial charge is 0.338 e. The van der Waals surface area contributed by atoms with Crippen LogP contribution in [0.25, 0.3) is 0 Å². The molecule has 0 saturated heterocycles. The highest BCUT2D eigenvalue weighted by Crippen LogP contribution is 2.34. The quantitative estimate of drug-likeness (QED) is 0.758. The molecule has 0 fully saturated rings. The first kappa shape index (κ1) is 15.9. The summed E-state index contributed by atoms with van der Waals surface area (Å²) in [6.45, 7) is 10.4. The lowest BCUT2D eigenvalue weighted by Gasteiger charge is -2.19. The van der Waals surface area contributed by atoms with Crippen LogP contribution in [0.4, 0.5) is 0 Å². The maximum absolute atomic E-state index is 5.34. The van der Waals surface area contributed by atoms with Crippen molar-refractivity contribution >= 4 is 11.8 Å². The summed E-state index contributed by atoms with van der Waals surface area (Å²) >= 11 is 1.52. The van der Waals surface area contributed by atoms with Gasteiger partial charge < -0.3 is 4.52 Å². The maximum Gasteiger partial charge on any atom is 0.239 e. The number of tetrazole rings is 1. The van der Waals surface area contributed by atoms with Crippen molar-refractivity contribution in [2.45, 2.75) is 69.8 Å². The Balaban J connectivity index is 2.06. The zero-order chi connectivity index (χ0) is 15.5. The van der Waals surface area contributed by atoms with Crippen molar-refractivity contribution in [2.24, 2.45) is 0 Å². The Bertz CT molecular complexity index is 573. The molecular weight excluding hydrogens is 288 g/mol. The zero-order valence-electron chi connectivity index (χ0n) is 13.2. The van der Waals surface area contributed by atoms with E-state index in [2.05, 4.69) is 53.4 Å². The molecule has 116 valence electrons. The van der Waals surface area contributed by atoms with Crippen molar-refractivity contribution in [1.82, 2.24) is 30.3 Å². The van der Waals surface area contributed by atoms with Gasteiger partial charge in [0.25, 0.3) is 0 Å². The van der Waals surface area contributed by atoms with Crippen LogP contribution in [-0.4, -0.2) is 30.3 Å². The van der Waals surface area contributed by atoms with Gasteiger partial charge in [-0.2, -0.15) is 4.98 Å². The lowest BCUT2D eigenvalue weighted by Crippen LogP contribution is -2.24. The van der Waals surface area contributed by atoms with Gasteiger partial charge in [0, 0.05) is 6.42 Å². The summed E-state index contributed by atoms with van der Waals surface area (Å²) in [5.74, 6) is 1.39. The molecule has 2 heterocycles. The van der Waals surface area contributed by atoms with Gasteiger partial charge in [-0.3, -0.25) is 0 Å². The lowest BCUT2D eigenvalue weighted by atomic mass is 10.1. The van der Waals surface area contributed by atoms with Crippen molar-refractivity contribution in [2.75, 3.05) is 0 Å². The highest BCUT2D eigenvalue weighted by atomic mass is 32.2. The van der Waals surface area contributed by atoms with E-state index < -0.39 is 0 Å². The predicted molar refractivity (Wildman–Crippen MR) is 80.0 cm³/mol. The van der Waals surface area contributed by atoms with Gasteiger partial charge in [0.15, 0.2) is 5.82 Å². The van der Waals surface area contributed by atoms with Crippen LogP contribution in [0, 0.1) is 0 Å². The van der Waals surface area contributed by atoms with Gasteiger partial charge in [-0.1, -0.05) is 30.3 Å². The van der Waals surface area contributed by atoms with E-state index in [9.17, 15) is 0 Å². The topological polar surface area (TPSA) is 82.5 Å². The van der Waals surface area contributed by atoms with Crippen LogP contribution < -0.4 is 0 Å². The van der Waals surface area contributed by atoms with Crippen LogP contribution in [0.2, 0.25) is 0 Å². The number of nitrogens with zero attached hydrogens (tertiary/aromatic N) is 6. The molecule has 21 heavy (non-hydrogen) atoms. The molecule has 0 saturated carbocycles. The normalized spacial score (nSPS) is 13.6. The number of hydrogen-bond acceptors (Lipinski definition) is 7. The molecule has 0 radical (unpaired) electrons. The molecule has 0 aromatic carbocycles. The third kappa shape index (κ3) is 4.03. The Labute approximate surface area is 128 Å². The average Bonchev–Trinajstić information content (AvgIpc) is 3.03. The molecule has 0 N–H and O–H groups in total. The smallest absolute Gasteiger partial charge is 0.239 e. The van der Waals surface area contributed by atoms with E-state index in [4.69, 9.17) is 4.52 Å². The summed E-state index contributed by atoms with van der Waals surface area (Å²) in [7, 11) is 0. The minimum absolute atomic E-state index is 0.0139. The van der Waals surface area contributed by atoms with Crippen molar-refractivity contribution in [3.8, 4) is 0 Å². The molecule has 0 spiro atoms. The fourth-order valence-corrected chi connectivity index (χ4v) is 2.76. The second-order valence-electron chi connectivity index (χ2n) is 5.96. The Hall–Kier alpha value is -1.44. The second kappa shape index (κ2) is 6.55. The number of unbranched alkanes of at least 4 members (excludes halogenated alkanes) is 1. The van der Waals surface area contributed by atoms with Gasteiger partial charge >= 0.3 is 0 Å². The molecule has 0 bridgehead atoms. The highest BCUT2D eigenvalue weighted by Gasteiger charge is 2.24. The molecule has 1 unspecified atom stereocenters. The van der Waals surface area contributed by atoms with Crippen molar-refractivity contribution < 1.29 is 4.52 Å². The van der Waals surface area contributed by atoms with Crippen molar-refractivity contribution in [3.05, 3.63) is 11.7 Å². The summed E-state index contributed by atoms with van der Waals surface area (Å²) in [4.78, 5) is 4.44. The summed E-state index contributed by atoms with van der Waals surface area (Å²) in [5.41, 5.74) is -0.160.